The number of carboxylic acids is 1. The molecule has 0 spiro atoms. The van der Waals surface area contributed by atoms with Gasteiger partial charge in [0.05, 0.1) is 14.2 Å². The SMILES string of the molecule is COc1ccc(C(Nc2ccc3c(c2)CN(C(=O)OC(C)(C)C)C3)C(=O)O)cc1OC. The number of amides is 1. The number of rotatable bonds is 6. The van der Waals surface area contributed by atoms with Crippen LogP contribution in [-0.2, 0) is 22.6 Å². The zero-order chi connectivity index (χ0) is 22.8. The molecule has 0 radical (unpaired) electrons. The number of hydrogen-bond donors (Lipinski definition) is 2. The van der Waals surface area contributed by atoms with Crippen LogP contribution in [0.25, 0.3) is 0 Å². The first kappa shape index (κ1) is 22.3. The molecule has 0 saturated carbocycles. The van der Waals surface area contributed by atoms with Gasteiger partial charge < -0.3 is 24.6 Å². The van der Waals surface area contributed by atoms with Crippen LogP contribution in [0.1, 0.15) is 43.5 Å². The van der Waals surface area contributed by atoms with E-state index in [9.17, 15) is 14.7 Å². The largest absolute Gasteiger partial charge is 0.493 e. The standard InChI is InChI=1S/C23H28N2O6/c1-23(2,3)31-22(28)25-12-15-6-8-17(10-16(15)13-25)24-20(21(26)27)14-7-9-18(29-4)19(11-14)30-5/h6-11,20,24H,12-13H2,1-5H3,(H,26,27). The first-order valence-corrected chi connectivity index (χ1v) is 9.92. The summed E-state index contributed by atoms with van der Waals surface area (Å²) >= 11 is 0. The number of benzene rings is 2. The van der Waals surface area contributed by atoms with Gasteiger partial charge in [-0.2, -0.15) is 0 Å². The van der Waals surface area contributed by atoms with Crippen LogP contribution in [0.5, 0.6) is 11.5 Å². The fraction of sp³-hybridized carbons (Fsp3) is 0.391. The molecule has 2 aromatic carbocycles. The van der Waals surface area contributed by atoms with Crippen LogP contribution in [0.4, 0.5) is 10.5 Å². The van der Waals surface area contributed by atoms with Crippen molar-refractivity contribution in [3.63, 3.8) is 0 Å². The first-order chi connectivity index (χ1) is 14.6. The molecule has 1 heterocycles. The van der Waals surface area contributed by atoms with E-state index in [-0.39, 0.29) is 6.09 Å². The van der Waals surface area contributed by atoms with Gasteiger partial charge in [-0.25, -0.2) is 9.59 Å². The highest BCUT2D eigenvalue weighted by atomic mass is 16.6. The maximum Gasteiger partial charge on any atom is 0.410 e. The molecular weight excluding hydrogens is 400 g/mol. The van der Waals surface area contributed by atoms with Gasteiger partial charge in [0.25, 0.3) is 0 Å². The lowest BCUT2D eigenvalue weighted by atomic mass is 10.0. The van der Waals surface area contributed by atoms with Crippen molar-refractivity contribution >= 4 is 17.7 Å². The molecule has 1 atom stereocenters. The van der Waals surface area contributed by atoms with Crippen LogP contribution >= 0.6 is 0 Å². The molecule has 0 aliphatic carbocycles. The molecule has 8 heteroatoms. The summed E-state index contributed by atoms with van der Waals surface area (Å²) in [5.41, 5.74) is 2.57. The van der Waals surface area contributed by atoms with E-state index in [0.29, 0.717) is 35.8 Å². The van der Waals surface area contributed by atoms with E-state index in [1.54, 1.807) is 23.1 Å². The van der Waals surface area contributed by atoms with E-state index in [1.165, 1.54) is 14.2 Å². The number of hydrogen-bond acceptors (Lipinski definition) is 6. The highest BCUT2D eigenvalue weighted by Gasteiger charge is 2.28. The number of aliphatic carboxylic acids is 1. The second-order valence-electron chi connectivity index (χ2n) is 8.35. The lowest BCUT2D eigenvalue weighted by molar-refractivity contribution is -0.138. The van der Waals surface area contributed by atoms with E-state index < -0.39 is 17.6 Å². The van der Waals surface area contributed by atoms with Gasteiger partial charge in [0.2, 0.25) is 0 Å². The molecule has 8 nitrogen and oxygen atoms in total. The smallest absolute Gasteiger partial charge is 0.410 e. The summed E-state index contributed by atoms with van der Waals surface area (Å²) in [4.78, 5) is 26.0. The number of nitrogens with one attached hydrogen (secondary N) is 1. The summed E-state index contributed by atoms with van der Waals surface area (Å²) in [5, 5.41) is 12.9. The van der Waals surface area contributed by atoms with Gasteiger partial charge in [-0.05, 0) is 61.7 Å². The Balaban J connectivity index is 1.78. The van der Waals surface area contributed by atoms with E-state index in [1.807, 2.05) is 39.0 Å². The molecular formula is C23H28N2O6. The maximum atomic E-state index is 12.4. The highest BCUT2D eigenvalue weighted by molar-refractivity contribution is 5.80. The van der Waals surface area contributed by atoms with E-state index in [2.05, 4.69) is 5.32 Å². The summed E-state index contributed by atoms with van der Waals surface area (Å²) in [5.74, 6) is -0.0479. The Morgan fingerprint density at radius 2 is 1.68 bits per heavy atom. The Bertz CT molecular complexity index is 983. The predicted molar refractivity (Wildman–Crippen MR) is 115 cm³/mol. The molecule has 3 rings (SSSR count). The molecule has 1 amide bonds. The Kier molecular flexibility index (Phi) is 6.29. The number of nitrogens with zero attached hydrogens (tertiary/aromatic N) is 1. The van der Waals surface area contributed by atoms with Crippen LogP contribution in [0.15, 0.2) is 36.4 Å². The molecule has 0 saturated heterocycles. The van der Waals surface area contributed by atoms with Gasteiger partial charge in [0, 0.05) is 18.8 Å². The minimum atomic E-state index is -1.02. The average molecular weight is 428 g/mol. The lowest BCUT2D eigenvalue weighted by Crippen LogP contribution is -2.33. The van der Waals surface area contributed by atoms with Crippen molar-refractivity contribution in [1.82, 2.24) is 4.90 Å². The van der Waals surface area contributed by atoms with E-state index in [0.717, 1.165) is 11.1 Å². The molecule has 2 N–H and O–H groups in total. The fourth-order valence-electron chi connectivity index (χ4n) is 3.43. The molecule has 1 unspecified atom stereocenters. The monoisotopic (exact) mass is 428 g/mol. The Hall–Kier alpha value is -3.42. The van der Waals surface area contributed by atoms with E-state index in [4.69, 9.17) is 14.2 Å². The average Bonchev–Trinajstić information content (AvgIpc) is 3.13. The minimum absolute atomic E-state index is 0.369. The summed E-state index contributed by atoms with van der Waals surface area (Å²) in [6.07, 6.45) is -0.369. The van der Waals surface area contributed by atoms with Gasteiger partial charge in [-0.3, -0.25) is 4.90 Å². The topological polar surface area (TPSA) is 97.3 Å². The van der Waals surface area contributed by atoms with Crippen molar-refractivity contribution in [2.24, 2.45) is 0 Å². The maximum absolute atomic E-state index is 12.4. The van der Waals surface area contributed by atoms with Crippen molar-refractivity contribution in [3.05, 3.63) is 53.1 Å². The number of carbonyl (C=O) groups excluding carboxylic acids is 1. The van der Waals surface area contributed by atoms with Gasteiger partial charge in [0.15, 0.2) is 17.5 Å². The third-order valence-corrected chi connectivity index (χ3v) is 4.88. The summed E-state index contributed by atoms with van der Waals surface area (Å²) in [6, 6.07) is 9.60. The van der Waals surface area contributed by atoms with Gasteiger partial charge in [-0.15, -0.1) is 0 Å². The molecule has 166 valence electrons. The molecule has 2 aromatic rings. The van der Waals surface area contributed by atoms with Crippen molar-refractivity contribution in [2.45, 2.75) is 45.5 Å². The van der Waals surface area contributed by atoms with Gasteiger partial charge in [-0.1, -0.05) is 12.1 Å². The van der Waals surface area contributed by atoms with E-state index >= 15 is 0 Å². The molecule has 0 aromatic heterocycles. The van der Waals surface area contributed by atoms with Gasteiger partial charge >= 0.3 is 12.1 Å². The predicted octanol–water partition coefficient (Wildman–Crippen LogP) is 4.19. The third-order valence-electron chi connectivity index (χ3n) is 4.88. The number of anilines is 1. The van der Waals surface area contributed by atoms with Crippen LogP contribution in [0.2, 0.25) is 0 Å². The quantitative estimate of drug-likeness (QED) is 0.712. The zero-order valence-corrected chi connectivity index (χ0v) is 18.4. The third kappa shape index (κ3) is 5.20. The van der Waals surface area contributed by atoms with Crippen molar-refractivity contribution in [3.8, 4) is 11.5 Å². The zero-order valence-electron chi connectivity index (χ0n) is 18.4. The number of ether oxygens (including phenoxy) is 3. The Labute approximate surface area is 181 Å². The van der Waals surface area contributed by atoms with Crippen molar-refractivity contribution in [2.75, 3.05) is 19.5 Å². The Morgan fingerprint density at radius 3 is 2.29 bits per heavy atom. The minimum Gasteiger partial charge on any atom is -0.493 e. The number of methoxy groups -OCH3 is 2. The van der Waals surface area contributed by atoms with Crippen molar-refractivity contribution < 1.29 is 28.9 Å². The molecule has 31 heavy (non-hydrogen) atoms. The van der Waals surface area contributed by atoms with Crippen LogP contribution in [0.3, 0.4) is 0 Å². The number of carboxylic acid groups (broad SMARTS) is 1. The number of carbonyl (C=O) groups is 2. The lowest BCUT2D eigenvalue weighted by Gasteiger charge is -2.24. The summed E-state index contributed by atoms with van der Waals surface area (Å²) in [7, 11) is 3.03. The second kappa shape index (κ2) is 8.75. The van der Waals surface area contributed by atoms with Gasteiger partial charge in [0.1, 0.15) is 5.60 Å². The van der Waals surface area contributed by atoms with Crippen LogP contribution < -0.4 is 14.8 Å². The number of fused-ring (bicyclic) bond motifs is 1. The summed E-state index contributed by atoms with van der Waals surface area (Å²) in [6.45, 7) is 6.36. The fourth-order valence-corrected chi connectivity index (χ4v) is 3.43. The molecule has 0 fully saturated rings. The van der Waals surface area contributed by atoms with Crippen LogP contribution in [-0.4, -0.2) is 41.9 Å². The molecule has 1 aliphatic heterocycles. The molecule has 0 bridgehead atoms. The first-order valence-electron chi connectivity index (χ1n) is 9.92. The normalized spacial score (nSPS) is 13.9. The summed E-state index contributed by atoms with van der Waals surface area (Å²) < 4.78 is 16.0. The van der Waals surface area contributed by atoms with Crippen LogP contribution in [0, 0.1) is 0 Å². The van der Waals surface area contributed by atoms with Crippen molar-refractivity contribution in [1.29, 1.82) is 0 Å². The second-order valence-corrected chi connectivity index (χ2v) is 8.35. The molecule has 1 aliphatic rings. The highest BCUT2D eigenvalue weighted by Crippen LogP contribution is 2.33. The Morgan fingerprint density at radius 1 is 1.00 bits per heavy atom.